The molecule has 0 bridgehead atoms. The van der Waals surface area contributed by atoms with Gasteiger partial charge in [0.25, 0.3) is 0 Å². The fourth-order valence-corrected chi connectivity index (χ4v) is 3.23. The first kappa shape index (κ1) is 14.5. The first-order chi connectivity index (χ1) is 10.3. The van der Waals surface area contributed by atoms with Crippen LogP contribution in [0, 0.1) is 5.92 Å². The Morgan fingerprint density at radius 3 is 3.00 bits per heavy atom. The van der Waals surface area contributed by atoms with E-state index < -0.39 is 0 Å². The van der Waals surface area contributed by atoms with Crippen molar-refractivity contribution in [3.63, 3.8) is 0 Å². The molecule has 112 valence electrons. The van der Waals surface area contributed by atoms with Crippen LogP contribution in [0.5, 0.6) is 0 Å². The molecule has 2 heterocycles. The number of piperidine rings is 1. The Labute approximate surface area is 126 Å². The van der Waals surface area contributed by atoms with Crippen molar-refractivity contribution in [2.45, 2.75) is 25.7 Å². The van der Waals surface area contributed by atoms with Gasteiger partial charge in [0, 0.05) is 24.2 Å². The number of rotatable bonds is 5. The fourth-order valence-electron chi connectivity index (χ4n) is 3.23. The van der Waals surface area contributed by atoms with E-state index in [-0.39, 0.29) is 0 Å². The number of fused-ring (bicyclic) bond motifs is 1. The number of aliphatic hydroxyl groups is 1. The molecule has 1 aromatic carbocycles. The Morgan fingerprint density at radius 2 is 2.10 bits per heavy atom. The highest BCUT2D eigenvalue weighted by molar-refractivity contribution is 5.78. The third-order valence-electron chi connectivity index (χ3n) is 4.42. The van der Waals surface area contributed by atoms with Crippen LogP contribution >= 0.6 is 0 Å². The minimum Gasteiger partial charge on any atom is -0.396 e. The maximum Gasteiger partial charge on any atom is 0.0705 e. The topological polar surface area (TPSA) is 36.4 Å². The van der Waals surface area contributed by atoms with Gasteiger partial charge in [0.2, 0.25) is 0 Å². The minimum atomic E-state index is 0.336. The van der Waals surface area contributed by atoms with Crippen LogP contribution in [0.4, 0.5) is 0 Å². The predicted octanol–water partition coefficient (Wildman–Crippen LogP) is 2.87. The molecule has 3 rings (SSSR count). The van der Waals surface area contributed by atoms with Crippen LogP contribution in [0.3, 0.4) is 0 Å². The molecule has 0 spiro atoms. The third kappa shape index (κ3) is 3.80. The average Bonchev–Trinajstić information content (AvgIpc) is 2.55. The molecule has 3 nitrogen and oxygen atoms in total. The second-order valence-electron chi connectivity index (χ2n) is 6.09. The molecule has 0 saturated carbocycles. The number of likely N-dealkylation sites (tertiary alicyclic amines) is 1. The van der Waals surface area contributed by atoms with Gasteiger partial charge in [-0.25, -0.2) is 0 Å². The zero-order valence-electron chi connectivity index (χ0n) is 12.5. The summed E-state index contributed by atoms with van der Waals surface area (Å²) in [5.74, 6) is 0.484. The summed E-state index contributed by atoms with van der Waals surface area (Å²) in [7, 11) is 0. The molecule has 1 saturated heterocycles. The lowest BCUT2D eigenvalue weighted by Gasteiger charge is -2.31. The largest absolute Gasteiger partial charge is 0.396 e. The highest BCUT2D eigenvalue weighted by Crippen LogP contribution is 2.17. The van der Waals surface area contributed by atoms with E-state index in [0.717, 1.165) is 31.4 Å². The molecular weight excluding hydrogens is 260 g/mol. The van der Waals surface area contributed by atoms with Gasteiger partial charge in [-0.05, 0) is 56.8 Å². The number of hydrogen-bond donors (Lipinski definition) is 1. The summed E-state index contributed by atoms with van der Waals surface area (Å²) in [4.78, 5) is 7.22. The van der Waals surface area contributed by atoms with Crippen LogP contribution in [-0.4, -0.2) is 41.2 Å². The van der Waals surface area contributed by atoms with Crippen LogP contribution < -0.4 is 0 Å². The molecule has 1 unspecified atom stereocenters. The molecule has 0 aliphatic carbocycles. The Kier molecular flexibility index (Phi) is 4.84. The van der Waals surface area contributed by atoms with Gasteiger partial charge in [0.05, 0.1) is 5.52 Å². The molecule has 0 radical (unpaired) electrons. The van der Waals surface area contributed by atoms with Crippen LogP contribution in [0.1, 0.15) is 25.0 Å². The number of pyridine rings is 1. The number of benzene rings is 1. The summed E-state index contributed by atoms with van der Waals surface area (Å²) < 4.78 is 0. The van der Waals surface area contributed by atoms with E-state index in [2.05, 4.69) is 35.2 Å². The molecule has 1 N–H and O–H groups in total. The molecule has 2 aromatic rings. The monoisotopic (exact) mass is 284 g/mol. The fraction of sp³-hybridized carbons (Fsp3) is 0.500. The number of aromatic nitrogens is 1. The molecule has 1 atom stereocenters. The van der Waals surface area contributed by atoms with E-state index >= 15 is 0 Å². The van der Waals surface area contributed by atoms with E-state index in [0.29, 0.717) is 12.5 Å². The van der Waals surface area contributed by atoms with Crippen molar-refractivity contribution in [3.05, 3.63) is 42.1 Å². The van der Waals surface area contributed by atoms with Gasteiger partial charge in [-0.1, -0.05) is 24.3 Å². The van der Waals surface area contributed by atoms with Gasteiger partial charge in [-0.3, -0.25) is 4.98 Å². The minimum absolute atomic E-state index is 0.336. The summed E-state index contributed by atoms with van der Waals surface area (Å²) in [5, 5.41) is 10.5. The normalized spacial score (nSPS) is 20.0. The molecule has 3 heteroatoms. The maximum atomic E-state index is 9.28. The second kappa shape index (κ2) is 7.01. The van der Waals surface area contributed by atoms with E-state index in [1.807, 2.05) is 6.07 Å². The van der Waals surface area contributed by atoms with Gasteiger partial charge >= 0.3 is 0 Å². The number of nitrogens with zero attached hydrogens (tertiary/aromatic N) is 2. The van der Waals surface area contributed by atoms with Crippen molar-refractivity contribution in [1.82, 2.24) is 9.88 Å². The Balaban J connectivity index is 1.52. The average molecular weight is 284 g/mol. The molecule has 0 amide bonds. The number of hydrogen-bond acceptors (Lipinski definition) is 3. The number of aryl methyl sites for hydroxylation is 1. The quantitative estimate of drug-likeness (QED) is 0.917. The van der Waals surface area contributed by atoms with Crippen molar-refractivity contribution >= 4 is 10.9 Å². The van der Waals surface area contributed by atoms with Gasteiger partial charge in [0.15, 0.2) is 0 Å². The highest BCUT2D eigenvalue weighted by Gasteiger charge is 2.18. The van der Waals surface area contributed by atoms with Crippen LogP contribution in [0.15, 0.2) is 36.4 Å². The van der Waals surface area contributed by atoms with Gasteiger partial charge < -0.3 is 10.0 Å². The smallest absolute Gasteiger partial charge is 0.0705 e. The number of para-hydroxylation sites is 1. The van der Waals surface area contributed by atoms with E-state index in [1.165, 1.54) is 30.5 Å². The lowest BCUT2D eigenvalue weighted by molar-refractivity contribution is 0.120. The molecule has 1 aromatic heterocycles. The van der Waals surface area contributed by atoms with Crippen molar-refractivity contribution in [2.24, 2.45) is 5.92 Å². The molecule has 21 heavy (non-hydrogen) atoms. The number of aliphatic hydroxyl groups excluding tert-OH is 1. The Morgan fingerprint density at radius 1 is 1.19 bits per heavy atom. The lowest BCUT2D eigenvalue weighted by Crippen LogP contribution is -2.37. The van der Waals surface area contributed by atoms with Crippen molar-refractivity contribution in [1.29, 1.82) is 0 Å². The molecule has 1 aliphatic rings. The first-order valence-electron chi connectivity index (χ1n) is 8.03. The van der Waals surface area contributed by atoms with Crippen LogP contribution in [0.2, 0.25) is 0 Å². The van der Waals surface area contributed by atoms with E-state index in [4.69, 9.17) is 4.98 Å². The first-order valence-corrected chi connectivity index (χ1v) is 8.03. The van der Waals surface area contributed by atoms with E-state index in [9.17, 15) is 5.11 Å². The van der Waals surface area contributed by atoms with Crippen molar-refractivity contribution in [3.8, 4) is 0 Å². The predicted molar refractivity (Wildman–Crippen MR) is 86.3 cm³/mol. The Bertz CT molecular complexity index is 584. The van der Waals surface area contributed by atoms with Crippen LogP contribution in [-0.2, 0) is 6.42 Å². The SMILES string of the molecule is OCC1CCCN(CCCc2ccc3ccccc3n2)C1. The summed E-state index contributed by atoms with van der Waals surface area (Å²) in [5.41, 5.74) is 2.28. The van der Waals surface area contributed by atoms with Gasteiger partial charge in [0.1, 0.15) is 0 Å². The van der Waals surface area contributed by atoms with Crippen molar-refractivity contribution < 1.29 is 5.11 Å². The maximum absolute atomic E-state index is 9.28. The third-order valence-corrected chi connectivity index (χ3v) is 4.42. The lowest BCUT2D eigenvalue weighted by atomic mass is 9.99. The van der Waals surface area contributed by atoms with E-state index in [1.54, 1.807) is 0 Å². The van der Waals surface area contributed by atoms with Gasteiger partial charge in [-0.2, -0.15) is 0 Å². The molecular formula is C18H24N2O. The van der Waals surface area contributed by atoms with Gasteiger partial charge in [-0.15, -0.1) is 0 Å². The second-order valence-corrected chi connectivity index (χ2v) is 6.09. The summed E-state index contributed by atoms with van der Waals surface area (Å²) in [6, 6.07) is 12.6. The molecule has 1 aliphatic heterocycles. The Hall–Kier alpha value is -1.45. The molecule has 1 fully saturated rings. The summed E-state index contributed by atoms with van der Waals surface area (Å²) in [6.07, 6.45) is 4.58. The zero-order valence-corrected chi connectivity index (χ0v) is 12.5. The zero-order chi connectivity index (χ0) is 14.5. The van der Waals surface area contributed by atoms with Crippen LogP contribution in [0.25, 0.3) is 10.9 Å². The highest BCUT2D eigenvalue weighted by atomic mass is 16.3. The summed E-state index contributed by atoms with van der Waals surface area (Å²) >= 11 is 0. The van der Waals surface area contributed by atoms with Crippen molar-refractivity contribution in [2.75, 3.05) is 26.2 Å². The summed E-state index contributed by atoms with van der Waals surface area (Å²) in [6.45, 7) is 3.69. The standard InChI is InChI=1S/C18H24N2O/c21-14-15-5-3-11-20(13-15)12-4-7-17-10-9-16-6-1-2-8-18(16)19-17/h1-2,6,8-10,15,21H,3-5,7,11-14H2.